The highest BCUT2D eigenvalue weighted by molar-refractivity contribution is 7.90. The molecule has 8 heteroatoms. The van der Waals surface area contributed by atoms with Gasteiger partial charge in [0.15, 0.2) is 5.76 Å². The number of imidazole rings is 1. The Balaban J connectivity index is 1.38. The molecule has 2 heterocycles. The molecule has 29 heavy (non-hydrogen) atoms. The van der Waals surface area contributed by atoms with Gasteiger partial charge in [-0.1, -0.05) is 36.4 Å². The predicted octanol–water partition coefficient (Wildman–Crippen LogP) is 3.01. The molecule has 4 rings (SSSR count). The van der Waals surface area contributed by atoms with Crippen molar-refractivity contribution in [3.05, 3.63) is 83.9 Å². The summed E-state index contributed by atoms with van der Waals surface area (Å²) in [7, 11) is -3.48. The van der Waals surface area contributed by atoms with Gasteiger partial charge in [-0.2, -0.15) is 0 Å². The first-order valence-electron chi connectivity index (χ1n) is 8.96. The van der Waals surface area contributed by atoms with E-state index in [1.807, 2.05) is 54.9 Å². The second-order valence-electron chi connectivity index (χ2n) is 6.75. The maximum absolute atomic E-state index is 12.2. The van der Waals surface area contributed by atoms with Gasteiger partial charge in [-0.25, -0.2) is 13.4 Å². The zero-order valence-corrected chi connectivity index (χ0v) is 16.5. The topological polar surface area (TPSA) is 94.2 Å². The lowest BCUT2D eigenvalue weighted by atomic mass is 10.1. The van der Waals surface area contributed by atoms with Crippen LogP contribution >= 0.6 is 0 Å². The highest BCUT2D eigenvalue weighted by atomic mass is 32.2. The Hall–Kier alpha value is -3.39. The van der Waals surface area contributed by atoms with Gasteiger partial charge < -0.3 is 14.3 Å². The molecular formula is C21H19N3O4S. The van der Waals surface area contributed by atoms with Gasteiger partial charge in [-0.3, -0.25) is 4.79 Å². The standard InChI is InChI=1S/C21H19N3O4S/c1-29(26,27)20-11-10-19(28-20)21(25)22-12-15-6-8-16(9-7-15)13-24-14-23-17-4-2-3-5-18(17)24/h2-11,14H,12-13H2,1H3,(H,22,25). The van der Waals surface area contributed by atoms with Crippen molar-refractivity contribution in [1.29, 1.82) is 0 Å². The third-order valence-corrected chi connectivity index (χ3v) is 5.48. The minimum atomic E-state index is -3.48. The minimum Gasteiger partial charge on any atom is -0.440 e. The second-order valence-corrected chi connectivity index (χ2v) is 8.70. The maximum atomic E-state index is 12.2. The number of para-hydroxylation sites is 2. The average molecular weight is 409 g/mol. The van der Waals surface area contributed by atoms with E-state index in [0.29, 0.717) is 13.1 Å². The lowest BCUT2D eigenvalue weighted by Crippen LogP contribution is -2.22. The van der Waals surface area contributed by atoms with E-state index in [1.165, 1.54) is 12.1 Å². The predicted molar refractivity (Wildman–Crippen MR) is 108 cm³/mol. The summed E-state index contributed by atoms with van der Waals surface area (Å²) >= 11 is 0. The van der Waals surface area contributed by atoms with Crippen molar-refractivity contribution in [2.45, 2.75) is 18.2 Å². The van der Waals surface area contributed by atoms with Crippen LogP contribution in [0.4, 0.5) is 0 Å². The summed E-state index contributed by atoms with van der Waals surface area (Å²) in [5.41, 5.74) is 4.08. The number of hydrogen-bond donors (Lipinski definition) is 1. The number of nitrogens with zero attached hydrogens (tertiary/aromatic N) is 2. The van der Waals surface area contributed by atoms with Crippen LogP contribution in [0.5, 0.6) is 0 Å². The summed E-state index contributed by atoms with van der Waals surface area (Å²) in [6, 6.07) is 18.5. The first kappa shape index (κ1) is 18.9. The fourth-order valence-corrected chi connectivity index (χ4v) is 3.56. The molecule has 7 nitrogen and oxygen atoms in total. The van der Waals surface area contributed by atoms with Crippen molar-refractivity contribution in [1.82, 2.24) is 14.9 Å². The van der Waals surface area contributed by atoms with Crippen molar-refractivity contribution < 1.29 is 17.6 Å². The number of aromatic nitrogens is 2. The fraction of sp³-hybridized carbons (Fsp3) is 0.143. The van der Waals surface area contributed by atoms with Crippen LogP contribution in [-0.4, -0.2) is 30.1 Å². The van der Waals surface area contributed by atoms with Crippen LogP contribution in [0.3, 0.4) is 0 Å². The van der Waals surface area contributed by atoms with E-state index in [9.17, 15) is 13.2 Å². The first-order chi connectivity index (χ1) is 13.9. The summed E-state index contributed by atoms with van der Waals surface area (Å²) in [4.78, 5) is 16.5. The molecule has 0 bridgehead atoms. The molecule has 0 saturated carbocycles. The second kappa shape index (κ2) is 7.56. The molecule has 148 valence electrons. The molecule has 0 atom stereocenters. The Labute approximate surface area is 167 Å². The molecule has 0 radical (unpaired) electrons. The first-order valence-corrected chi connectivity index (χ1v) is 10.8. The third-order valence-electron chi connectivity index (χ3n) is 4.53. The van der Waals surface area contributed by atoms with Crippen molar-refractivity contribution in [2.24, 2.45) is 0 Å². The molecule has 0 fully saturated rings. The number of amides is 1. The van der Waals surface area contributed by atoms with Crippen LogP contribution in [0.25, 0.3) is 11.0 Å². The molecular weight excluding hydrogens is 390 g/mol. The molecule has 0 aliphatic rings. The monoisotopic (exact) mass is 409 g/mol. The number of fused-ring (bicyclic) bond motifs is 1. The summed E-state index contributed by atoms with van der Waals surface area (Å²) in [5.74, 6) is -0.497. The Morgan fingerprint density at radius 2 is 1.76 bits per heavy atom. The quantitative estimate of drug-likeness (QED) is 0.528. The molecule has 2 aromatic heterocycles. The lowest BCUT2D eigenvalue weighted by molar-refractivity contribution is 0.0918. The summed E-state index contributed by atoms with van der Waals surface area (Å²) in [6.45, 7) is 1.01. The van der Waals surface area contributed by atoms with Gasteiger partial charge in [0, 0.05) is 19.3 Å². The van der Waals surface area contributed by atoms with Gasteiger partial charge >= 0.3 is 0 Å². The molecule has 0 unspecified atom stereocenters. The Morgan fingerprint density at radius 3 is 2.48 bits per heavy atom. The molecule has 1 N–H and O–H groups in total. The van der Waals surface area contributed by atoms with Gasteiger partial charge in [0.05, 0.1) is 17.4 Å². The number of benzene rings is 2. The van der Waals surface area contributed by atoms with Gasteiger partial charge in [0.1, 0.15) is 0 Å². The number of hydrogen-bond acceptors (Lipinski definition) is 5. The van der Waals surface area contributed by atoms with Crippen molar-refractivity contribution in [3.63, 3.8) is 0 Å². The van der Waals surface area contributed by atoms with Crippen LogP contribution in [0, 0.1) is 0 Å². The van der Waals surface area contributed by atoms with E-state index >= 15 is 0 Å². The van der Waals surface area contributed by atoms with E-state index in [1.54, 1.807) is 0 Å². The van der Waals surface area contributed by atoms with Crippen molar-refractivity contribution >= 4 is 26.8 Å². The van der Waals surface area contributed by atoms with E-state index in [2.05, 4.69) is 14.9 Å². The van der Waals surface area contributed by atoms with Gasteiger partial charge in [0.25, 0.3) is 5.91 Å². The normalized spacial score (nSPS) is 11.6. The Kier molecular flexibility index (Phi) is 4.94. The number of sulfone groups is 1. The molecule has 4 aromatic rings. The number of carbonyl (C=O) groups excluding carboxylic acids is 1. The highest BCUT2D eigenvalue weighted by Gasteiger charge is 2.16. The van der Waals surface area contributed by atoms with Crippen LogP contribution in [0.1, 0.15) is 21.7 Å². The minimum absolute atomic E-state index is 0.0333. The molecule has 0 aliphatic heterocycles. The maximum Gasteiger partial charge on any atom is 0.287 e. The summed E-state index contributed by atoms with van der Waals surface area (Å²) in [5, 5.41) is 2.50. The zero-order chi connectivity index (χ0) is 20.4. The zero-order valence-electron chi connectivity index (χ0n) is 15.7. The van der Waals surface area contributed by atoms with Crippen molar-refractivity contribution in [3.8, 4) is 0 Å². The molecule has 0 aliphatic carbocycles. The number of carbonyl (C=O) groups is 1. The van der Waals surface area contributed by atoms with Crippen LogP contribution in [-0.2, 0) is 22.9 Å². The lowest BCUT2D eigenvalue weighted by Gasteiger charge is -2.07. The van der Waals surface area contributed by atoms with E-state index in [0.717, 1.165) is 28.4 Å². The Morgan fingerprint density at radius 1 is 1.03 bits per heavy atom. The molecule has 1 amide bonds. The number of nitrogens with one attached hydrogen (secondary N) is 1. The highest BCUT2D eigenvalue weighted by Crippen LogP contribution is 2.15. The van der Waals surface area contributed by atoms with Crippen LogP contribution < -0.4 is 5.32 Å². The van der Waals surface area contributed by atoms with Crippen LogP contribution in [0.15, 0.2) is 76.5 Å². The number of rotatable bonds is 6. The third kappa shape index (κ3) is 4.22. The van der Waals surface area contributed by atoms with Gasteiger partial charge in [-0.05, 0) is 35.4 Å². The summed E-state index contributed by atoms with van der Waals surface area (Å²) in [6.07, 6.45) is 2.86. The average Bonchev–Trinajstić information content (AvgIpc) is 3.35. The number of furan rings is 1. The molecule has 0 saturated heterocycles. The van der Waals surface area contributed by atoms with E-state index < -0.39 is 15.7 Å². The smallest absolute Gasteiger partial charge is 0.287 e. The summed E-state index contributed by atoms with van der Waals surface area (Å²) < 4.78 is 30.1. The van der Waals surface area contributed by atoms with E-state index in [-0.39, 0.29) is 10.9 Å². The van der Waals surface area contributed by atoms with Crippen molar-refractivity contribution in [2.75, 3.05) is 6.26 Å². The molecule has 0 spiro atoms. The van der Waals surface area contributed by atoms with Gasteiger partial charge in [-0.15, -0.1) is 0 Å². The van der Waals surface area contributed by atoms with Crippen LogP contribution in [0.2, 0.25) is 0 Å². The fourth-order valence-electron chi connectivity index (χ4n) is 3.01. The largest absolute Gasteiger partial charge is 0.440 e. The Bertz CT molecular complexity index is 1270. The molecule has 2 aromatic carbocycles. The SMILES string of the molecule is CS(=O)(=O)c1ccc(C(=O)NCc2ccc(Cn3cnc4ccccc43)cc2)o1. The van der Waals surface area contributed by atoms with Gasteiger partial charge in [0.2, 0.25) is 14.9 Å². The van der Waals surface area contributed by atoms with E-state index in [4.69, 9.17) is 4.42 Å².